The molecule has 0 aromatic rings. The summed E-state index contributed by atoms with van der Waals surface area (Å²) in [5.74, 6) is 1.74. The number of guanidine groups is 1. The van der Waals surface area contributed by atoms with Crippen LogP contribution in [0, 0.1) is 5.92 Å². The van der Waals surface area contributed by atoms with Crippen LogP contribution in [0.1, 0.15) is 52.4 Å². The molecule has 2 saturated heterocycles. The smallest absolute Gasteiger partial charge is 0.191 e. The van der Waals surface area contributed by atoms with Crippen LogP contribution in [0.25, 0.3) is 0 Å². The van der Waals surface area contributed by atoms with Crippen LogP contribution in [0.3, 0.4) is 0 Å². The van der Waals surface area contributed by atoms with Crippen molar-refractivity contribution < 1.29 is 0 Å². The van der Waals surface area contributed by atoms with Crippen LogP contribution < -0.4 is 10.6 Å². The lowest BCUT2D eigenvalue weighted by molar-refractivity contribution is 0.282. The molecule has 2 N–H and O–H groups in total. The number of hydrogen-bond acceptors (Lipinski definition) is 3. The Hall–Kier alpha value is -0.810. The van der Waals surface area contributed by atoms with Crippen molar-refractivity contribution in [2.24, 2.45) is 10.9 Å². The molecule has 0 aromatic carbocycles. The highest BCUT2D eigenvalue weighted by atomic mass is 15.2. The van der Waals surface area contributed by atoms with Crippen LogP contribution in [-0.4, -0.2) is 74.7 Å². The summed E-state index contributed by atoms with van der Waals surface area (Å²) in [6.07, 6.45) is 8.11. The zero-order valence-electron chi connectivity index (χ0n) is 16.0. The Bertz CT molecular complexity index is 350. The minimum absolute atomic E-state index is 0.734. The normalized spacial score (nSPS) is 24.1. The Kier molecular flexibility index (Phi) is 9.51. The molecule has 0 aromatic heterocycles. The molecule has 0 saturated carbocycles. The summed E-state index contributed by atoms with van der Waals surface area (Å²) in [7, 11) is 0. The first-order valence-electron chi connectivity index (χ1n) is 10.3. The number of likely N-dealkylation sites (tertiary alicyclic amines) is 2. The van der Waals surface area contributed by atoms with Gasteiger partial charge in [0.05, 0.1) is 0 Å². The molecule has 2 rings (SSSR count). The predicted octanol–water partition coefficient (Wildman–Crippen LogP) is 2.15. The molecule has 0 amide bonds. The highest BCUT2D eigenvalue weighted by Gasteiger charge is 2.20. The van der Waals surface area contributed by atoms with Gasteiger partial charge >= 0.3 is 0 Å². The fraction of sp³-hybridized carbons (Fsp3) is 0.947. The van der Waals surface area contributed by atoms with E-state index in [0.29, 0.717) is 0 Å². The third-order valence-corrected chi connectivity index (χ3v) is 5.31. The minimum atomic E-state index is 0.734. The third-order valence-electron chi connectivity index (χ3n) is 5.31. The maximum absolute atomic E-state index is 4.82. The number of nitrogens with zero attached hydrogens (tertiary/aromatic N) is 3. The molecule has 0 aliphatic carbocycles. The van der Waals surface area contributed by atoms with E-state index < -0.39 is 0 Å². The van der Waals surface area contributed by atoms with Gasteiger partial charge in [-0.05, 0) is 71.2 Å². The molecule has 0 radical (unpaired) electrons. The van der Waals surface area contributed by atoms with Crippen LogP contribution in [0.5, 0.6) is 0 Å². The SMILES string of the molecule is CCNC(=NCC1CCN(CC)C1)NCCCN1CCCCCC1. The molecule has 2 aliphatic heterocycles. The molecule has 140 valence electrons. The standard InChI is InChI=1S/C19H39N5/c1-3-20-19(22-16-18-10-15-23(4-2)17-18)21-11-9-14-24-12-7-5-6-8-13-24/h18H,3-17H2,1-2H3,(H2,20,21,22). The Morgan fingerprint density at radius 2 is 1.79 bits per heavy atom. The Labute approximate surface area is 149 Å². The van der Waals surface area contributed by atoms with E-state index in [1.165, 1.54) is 77.8 Å². The van der Waals surface area contributed by atoms with E-state index in [9.17, 15) is 0 Å². The first-order valence-corrected chi connectivity index (χ1v) is 10.3. The van der Waals surface area contributed by atoms with Crippen molar-refractivity contribution in [1.82, 2.24) is 20.4 Å². The number of rotatable bonds is 8. The summed E-state index contributed by atoms with van der Waals surface area (Å²) in [6.45, 7) is 14.8. The average Bonchev–Trinajstić information content (AvgIpc) is 2.91. The molecule has 1 unspecified atom stereocenters. The molecular formula is C19H39N5. The van der Waals surface area contributed by atoms with Gasteiger partial charge in [-0.1, -0.05) is 19.8 Å². The zero-order chi connectivity index (χ0) is 17.0. The van der Waals surface area contributed by atoms with E-state index in [-0.39, 0.29) is 0 Å². The molecule has 0 spiro atoms. The maximum Gasteiger partial charge on any atom is 0.191 e. The van der Waals surface area contributed by atoms with Gasteiger partial charge in [0.1, 0.15) is 0 Å². The minimum Gasteiger partial charge on any atom is -0.357 e. The van der Waals surface area contributed by atoms with E-state index in [0.717, 1.165) is 31.5 Å². The molecule has 24 heavy (non-hydrogen) atoms. The quantitative estimate of drug-likeness (QED) is 0.405. The Morgan fingerprint density at radius 1 is 1.00 bits per heavy atom. The van der Waals surface area contributed by atoms with Gasteiger partial charge in [-0.3, -0.25) is 4.99 Å². The van der Waals surface area contributed by atoms with Gasteiger partial charge in [0.2, 0.25) is 0 Å². The Balaban J connectivity index is 1.63. The maximum atomic E-state index is 4.82. The van der Waals surface area contributed by atoms with Crippen molar-refractivity contribution in [3.8, 4) is 0 Å². The van der Waals surface area contributed by atoms with E-state index in [2.05, 4.69) is 34.3 Å². The van der Waals surface area contributed by atoms with Gasteiger partial charge in [0.25, 0.3) is 0 Å². The predicted molar refractivity (Wildman–Crippen MR) is 104 cm³/mol. The lowest BCUT2D eigenvalue weighted by Crippen LogP contribution is -2.39. The molecule has 0 bridgehead atoms. The van der Waals surface area contributed by atoms with Gasteiger partial charge < -0.3 is 20.4 Å². The molecule has 2 heterocycles. The molecule has 2 fully saturated rings. The highest BCUT2D eigenvalue weighted by molar-refractivity contribution is 5.79. The van der Waals surface area contributed by atoms with Crippen molar-refractivity contribution in [3.05, 3.63) is 0 Å². The lowest BCUT2D eigenvalue weighted by atomic mass is 10.1. The molecular weight excluding hydrogens is 298 g/mol. The van der Waals surface area contributed by atoms with Crippen LogP contribution in [-0.2, 0) is 0 Å². The number of aliphatic imine (C=N–C) groups is 1. The largest absolute Gasteiger partial charge is 0.357 e. The fourth-order valence-corrected chi connectivity index (χ4v) is 3.78. The second-order valence-corrected chi connectivity index (χ2v) is 7.30. The first-order chi connectivity index (χ1) is 11.8. The van der Waals surface area contributed by atoms with Crippen LogP contribution in [0.15, 0.2) is 4.99 Å². The summed E-state index contributed by atoms with van der Waals surface area (Å²) < 4.78 is 0. The van der Waals surface area contributed by atoms with Gasteiger partial charge in [0, 0.05) is 26.2 Å². The monoisotopic (exact) mass is 337 g/mol. The average molecular weight is 338 g/mol. The first kappa shape index (κ1) is 19.5. The molecule has 2 aliphatic rings. The van der Waals surface area contributed by atoms with Crippen molar-refractivity contribution in [2.75, 3.05) is 58.9 Å². The number of nitrogens with one attached hydrogen (secondary N) is 2. The highest BCUT2D eigenvalue weighted by Crippen LogP contribution is 2.15. The second kappa shape index (κ2) is 11.7. The summed E-state index contributed by atoms with van der Waals surface area (Å²) in [4.78, 5) is 9.98. The summed E-state index contributed by atoms with van der Waals surface area (Å²) in [6, 6.07) is 0. The Morgan fingerprint density at radius 3 is 2.46 bits per heavy atom. The zero-order valence-corrected chi connectivity index (χ0v) is 16.0. The third kappa shape index (κ3) is 7.39. The van der Waals surface area contributed by atoms with Crippen LogP contribution in [0.2, 0.25) is 0 Å². The van der Waals surface area contributed by atoms with Crippen LogP contribution >= 0.6 is 0 Å². The lowest BCUT2D eigenvalue weighted by Gasteiger charge is -2.20. The second-order valence-electron chi connectivity index (χ2n) is 7.30. The van der Waals surface area contributed by atoms with E-state index >= 15 is 0 Å². The van der Waals surface area contributed by atoms with Gasteiger partial charge in [-0.2, -0.15) is 0 Å². The van der Waals surface area contributed by atoms with E-state index in [1.54, 1.807) is 0 Å². The van der Waals surface area contributed by atoms with Crippen molar-refractivity contribution >= 4 is 5.96 Å². The van der Waals surface area contributed by atoms with Crippen molar-refractivity contribution in [1.29, 1.82) is 0 Å². The summed E-state index contributed by atoms with van der Waals surface area (Å²) in [5, 5.41) is 6.92. The van der Waals surface area contributed by atoms with Crippen molar-refractivity contribution in [3.63, 3.8) is 0 Å². The topological polar surface area (TPSA) is 42.9 Å². The molecule has 1 atom stereocenters. The fourth-order valence-electron chi connectivity index (χ4n) is 3.78. The summed E-state index contributed by atoms with van der Waals surface area (Å²) >= 11 is 0. The van der Waals surface area contributed by atoms with Gasteiger partial charge in [-0.25, -0.2) is 0 Å². The molecule has 5 nitrogen and oxygen atoms in total. The summed E-state index contributed by atoms with van der Waals surface area (Å²) in [5.41, 5.74) is 0. The molecule has 5 heteroatoms. The van der Waals surface area contributed by atoms with Gasteiger partial charge in [-0.15, -0.1) is 0 Å². The number of hydrogen-bond donors (Lipinski definition) is 2. The van der Waals surface area contributed by atoms with Crippen LogP contribution in [0.4, 0.5) is 0 Å². The van der Waals surface area contributed by atoms with E-state index in [1.807, 2.05) is 0 Å². The van der Waals surface area contributed by atoms with Gasteiger partial charge in [0.15, 0.2) is 5.96 Å². The van der Waals surface area contributed by atoms with E-state index in [4.69, 9.17) is 4.99 Å². The van der Waals surface area contributed by atoms with Crippen molar-refractivity contribution in [2.45, 2.75) is 52.4 Å².